The minimum atomic E-state index is 0.884. The number of aromatic nitrogens is 1. The smallest absolute Gasteiger partial charge is 0.146 e. The molecule has 16 heavy (non-hydrogen) atoms. The molecule has 0 saturated carbocycles. The van der Waals surface area contributed by atoms with Gasteiger partial charge in [0.2, 0.25) is 0 Å². The van der Waals surface area contributed by atoms with Crippen molar-refractivity contribution in [3.05, 3.63) is 52.9 Å². The van der Waals surface area contributed by atoms with Crippen LogP contribution in [-0.2, 0) is 11.5 Å². The first-order valence-corrected chi connectivity index (χ1v) is 6.45. The minimum Gasteiger partial charge on any atom is -0.360 e. The van der Waals surface area contributed by atoms with Crippen molar-refractivity contribution in [2.24, 2.45) is 0 Å². The van der Waals surface area contributed by atoms with E-state index in [1.54, 1.807) is 0 Å². The van der Waals surface area contributed by atoms with Crippen LogP contribution in [0.5, 0.6) is 0 Å². The largest absolute Gasteiger partial charge is 0.360 e. The van der Waals surface area contributed by atoms with Gasteiger partial charge in [0, 0.05) is 11.8 Å². The lowest BCUT2D eigenvalue weighted by Crippen LogP contribution is -1.82. The maximum absolute atomic E-state index is 5.15. The van der Waals surface area contributed by atoms with Gasteiger partial charge < -0.3 is 4.52 Å². The Hall–Kier alpha value is -1.22. The summed E-state index contributed by atoms with van der Waals surface area (Å²) < 4.78 is 5.15. The molecule has 0 atom stereocenters. The summed E-state index contributed by atoms with van der Waals surface area (Å²) in [4.78, 5) is 0. The normalized spacial score (nSPS) is 10.6. The minimum absolute atomic E-state index is 0.884. The summed E-state index contributed by atoms with van der Waals surface area (Å²) in [5, 5.41) is 3.87. The molecular formula is C13H15NOS. The standard InChI is InChI=1S/C13H15NOS/c1-10-3-5-12(6-4-10)8-16-9-13-7-11(2)14-15-13/h3-7H,8-9H2,1-2H3. The zero-order valence-corrected chi connectivity index (χ0v) is 10.4. The fraction of sp³-hybridized carbons (Fsp3) is 0.308. The molecule has 1 aromatic carbocycles. The van der Waals surface area contributed by atoms with Crippen molar-refractivity contribution in [3.63, 3.8) is 0 Å². The number of rotatable bonds is 4. The summed E-state index contributed by atoms with van der Waals surface area (Å²) in [6.45, 7) is 4.05. The van der Waals surface area contributed by atoms with Gasteiger partial charge in [0.1, 0.15) is 5.76 Å². The second-order valence-electron chi connectivity index (χ2n) is 3.91. The number of nitrogens with zero attached hydrogens (tertiary/aromatic N) is 1. The Morgan fingerprint density at radius 3 is 2.50 bits per heavy atom. The Morgan fingerprint density at radius 1 is 1.12 bits per heavy atom. The Labute approximate surface area is 100 Å². The first kappa shape index (κ1) is 11.3. The topological polar surface area (TPSA) is 26.0 Å². The third-order valence-electron chi connectivity index (χ3n) is 2.31. The van der Waals surface area contributed by atoms with Crippen molar-refractivity contribution >= 4 is 11.8 Å². The molecule has 2 rings (SSSR count). The highest BCUT2D eigenvalue weighted by molar-refractivity contribution is 7.97. The van der Waals surface area contributed by atoms with E-state index in [9.17, 15) is 0 Å². The van der Waals surface area contributed by atoms with Crippen LogP contribution < -0.4 is 0 Å². The molecule has 0 saturated heterocycles. The molecule has 0 amide bonds. The van der Waals surface area contributed by atoms with Gasteiger partial charge in [-0.3, -0.25) is 0 Å². The lowest BCUT2D eigenvalue weighted by molar-refractivity contribution is 0.391. The summed E-state index contributed by atoms with van der Waals surface area (Å²) in [6.07, 6.45) is 0. The molecule has 84 valence electrons. The van der Waals surface area contributed by atoms with Crippen LogP contribution in [0.4, 0.5) is 0 Å². The van der Waals surface area contributed by atoms with Crippen LogP contribution in [0.2, 0.25) is 0 Å². The summed E-state index contributed by atoms with van der Waals surface area (Å²) >= 11 is 1.84. The van der Waals surface area contributed by atoms with Crippen LogP contribution in [0.3, 0.4) is 0 Å². The second-order valence-corrected chi connectivity index (χ2v) is 4.90. The van der Waals surface area contributed by atoms with Crippen molar-refractivity contribution < 1.29 is 4.52 Å². The van der Waals surface area contributed by atoms with Crippen molar-refractivity contribution in [2.75, 3.05) is 0 Å². The first-order chi connectivity index (χ1) is 7.74. The maximum Gasteiger partial charge on any atom is 0.146 e. The molecule has 0 radical (unpaired) electrons. The number of benzene rings is 1. The molecule has 0 N–H and O–H groups in total. The Bertz CT molecular complexity index is 447. The van der Waals surface area contributed by atoms with Gasteiger partial charge in [-0.25, -0.2) is 0 Å². The molecule has 0 aliphatic heterocycles. The molecule has 2 nitrogen and oxygen atoms in total. The zero-order valence-electron chi connectivity index (χ0n) is 9.56. The lowest BCUT2D eigenvalue weighted by Gasteiger charge is -2.00. The van der Waals surface area contributed by atoms with Crippen LogP contribution in [-0.4, -0.2) is 5.16 Å². The third-order valence-corrected chi connectivity index (χ3v) is 3.34. The molecule has 0 unspecified atom stereocenters. The van der Waals surface area contributed by atoms with E-state index >= 15 is 0 Å². The van der Waals surface area contributed by atoms with Gasteiger partial charge >= 0.3 is 0 Å². The molecule has 0 aliphatic carbocycles. The maximum atomic E-state index is 5.15. The molecule has 3 heteroatoms. The molecule has 0 bridgehead atoms. The average Bonchev–Trinajstić information content (AvgIpc) is 2.67. The van der Waals surface area contributed by atoms with Crippen LogP contribution in [0.1, 0.15) is 22.6 Å². The van der Waals surface area contributed by atoms with Crippen LogP contribution in [0, 0.1) is 13.8 Å². The van der Waals surface area contributed by atoms with E-state index < -0.39 is 0 Å². The molecule has 1 aromatic heterocycles. The number of thioether (sulfide) groups is 1. The number of hydrogen-bond donors (Lipinski definition) is 0. The van der Waals surface area contributed by atoms with E-state index in [1.165, 1.54) is 11.1 Å². The lowest BCUT2D eigenvalue weighted by atomic mass is 10.2. The highest BCUT2D eigenvalue weighted by Crippen LogP contribution is 2.18. The third kappa shape index (κ3) is 3.14. The zero-order chi connectivity index (χ0) is 11.4. The average molecular weight is 233 g/mol. The fourth-order valence-corrected chi connectivity index (χ4v) is 2.31. The molecule has 2 aromatic rings. The van der Waals surface area contributed by atoms with Crippen molar-refractivity contribution in [1.29, 1.82) is 0 Å². The number of aryl methyl sites for hydroxylation is 2. The highest BCUT2D eigenvalue weighted by atomic mass is 32.2. The van der Waals surface area contributed by atoms with Gasteiger partial charge in [0.15, 0.2) is 0 Å². The molecule has 0 fully saturated rings. The fourth-order valence-electron chi connectivity index (χ4n) is 1.44. The van der Waals surface area contributed by atoms with Gasteiger partial charge in [-0.2, -0.15) is 0 Å². The second kappa shape index (κ2) is 5.21. The van der Waals surface area contributed by atoms with E-state index in [2.05, 4.69) is 36.3 Å². The van der Waals surface area contributed by atoms with Crippen LogP contribution >= 0.6 is 11.8 Å². The summed E-state index contributed by atoms with van der Waals surface area (Å²) in [5.74, 6) is 2.85. The van der Waals surface area contributed by atoms with Gasteiger partial charge in [-0.15, -0.1) is 11.8 Å². The molecule has 0 aliphatic rings. The predicted molar refractivity (Wildman–Crippen MR) is 67.4 cm³/mol. The van der Waals surface area contributed by atoms with Gasteiger partial charge in [-0.1, -0.05) is 35.0 Å². The Morgan fingerprint density at radius 2 is 1.88 bits per heavy atom. The van der Waals surface area contributed by atoms with Crippen molar-refractivity contribution in [3.8, 4) is 0 Å². The quantitative estimate of drug-likeness (QED) is 0.805. The van der Waals surface area contributed by atoms with Crippen molar-refractivity contribution in [2.45, 2.75) is 25.4 Å². The highest BCUT2D eigenvalue weighted by Gasteiger charge is 2.00. The monoisotopic (exact) mass is 233 g/mol. The Balaban J connectivity index is 1.82. The SMILES string of the molecule is Cc1ccc(CSCc2cc(C)no2)cc1. The van der Waals surface area contributed by atoms with E-state index in [1.807, 2.05) is 24.8 Å². The van der Waals surface area contributed by atoms with Crippen LogP contribution in [0.15, 0.2) is 34.9 Å². The van der Waals surface area contributed by atoms with Gasteiger partial charge in [0.05, 0.1) is 11.4 Å². The van der Waals surface area contributed by atoms with E-state index in [0.29, 0.717) is 0 Å². The summed E-state index contributed by atoms with van der Waals surface area (Å²) in [7, 11) is 0. The number of hydrogen-bond acceptors (Lipinski definition) is 3. The van der Waals surface area contributed by atoms with E-state index in [-0.39, 0.29) is 0 Å². The van der Waals surface area contributed by atoms with Gasteiger partial charge in [-0.05, 0) is 19.4 Å². The van der Waals surface area contributed by atoms with Crippen LogP contribution in [0.25, 0.3) is 0 Å². The van der Waals surface area contributed by atoms with Crippen molar-refractivity contribution in [1.82, 2.24) is 5.16 Å². The van der Waals surface area contributed by atoms with E-state index in [0.717, 1.165) is 23.0 Å². The van der Waals surface area contributed by atoms with Gasteiger partial charge in [0.25, 0.3) is 0 Å². The molecule has 1 heterocycles. The predicted octanol–water partition coefficient (Wildman–Crippen LogP) is 3.72. The summed E-state index contributed by atoms with van der Waals surface area (Å²) in [6, 6.07) is 10.6. The summed E-state index contributed by atoms with van der Waals surface area (Å²) in [5.41, 5.74) is 3.61. The molecular weight excluding hydrogens is 218 g/mol. The van der Waals surface area contributed by atoms with E-state index in [4.69, 9.17) is 4.52 Å². The first-order valence-electron chi connectivity index (χ1n) is 5.29. The molecule has 0 spiro atoms. The Kier molecular flexibility index (Phi) is 3.67.